The zero-order valence-electron chi connectivity index (χ0n) is 7.88. The van der Waals surface area contributed by atoms with Crippen LogP contribution >= 0.6 is 0 Å². The van der Waals surface area contributed by atoms with Crippen LogP contribution in [0.3, 0.4) is 0 Å². The van der Waals surface area contributed by atoms with Crippen molar-refractivity contribution in [2.24, 2.45) is 10.2 Å². The lowest BCUT2D eigenvalue weighted by atomic mass is 10.4. The summed E-state index contributed by atoms with van der Waals surface area (Å²) >= 11 is 0. The quantitative estimate of drug-likeness (QED) is 0.427. The van der Waals surface area contributed by atoms with E-state index in [2.05, 4.69) is 29.0 Å². The number of rotatable bonds is 6. The smallest absolute Gasteiger partial charge is 0.0610 e. The van der Waals surface area contributed by atoms with Crippen LogP contribution in [0.25, 0.3) is 0 Å². The third-order valence-corrected chi connectivity index (χ3v) is 1.77. The number of nitrogens with zero attached hydrogens (tertiary/aromatic N) is 3. The lowest BCUT2D eigenvalue weighted by molar-refractivity contribution is 0.301. The third-order valence-electron chi connectivity index (χ3n) is 1.77. The molecule has 0 spiro atoms. The highest BCUT2D eigenvalue weighted by molar-refractivity contribution is 4.52. The minimum absolute atomic E-state index is 0.868. The molecule has 66 valence electrons. The second-order valence-electron chi connectivity index (χ2n) is 2.45. The summed E-state index contributed by atoms with van der Waals surface area (Å²) in [6.45, 7) is 8.66. The van der Waals surface area contributed by atoms with Gasteiger partial charge in [0, 0.05) is 7.05 Å². The Hall–Kier alpha value is -0.440. The first kappa shape index (κ1) is 10.6. The monoisotopic (exact) mass is 157 g/mol. The first-order chi connectivity index (χ1) is 5.35. The first-order valence-electron chi connectivity index (χ1n) is 4.33. The first-order valence-corrected chi connectivity index (χ1v) is 4.33. The number of hydrogen-bond donors (Lipinski definition) is 0. The molecule has 0 N–H and O–H groups in total. The minimum Gasteiger partial charge on any atom is -0.304 e. The summed E-state index contributed by atoms with van der Waals surface area (Å²) in [6.07, 6.45) is 1.12. The number of hydrogen-bond acceptors (Lipinski definition) is 3. The summed E-state index contributed by atoms with van der Waals surface area (Å²) in [5.41, 5.74) is 0. The van der Waals surface area contributed by atoms with Gasteiger partial charge in [0.2, 0.25) is 0 Å². The van der Waals surface area contributed by atoms with E-state index in [4.69, 9.17) is 0 Å². The molecule has 0 amide bonds. The molecule has 0 unspecified atom stereocenters. The van der Waals surface area contributed by atoms with Gasteiger partial charge in [0.1, 0.15) is 0 Å². The van der Waals surface area contributed by atoms with E-state index in [1.807, 2.05) is 0 Å². The predicted molar refractivity (Wildman–Crippen MR) is 48.1 cm³/mol. The summed E-state index contributed by atoms with van der Waals surface area (Å²) in [4.78, 5) is 2.39. The molecule has 0 aromatic carbocycles. The molecular formula is C8H19N3. The van der Waals surface area contributed by atoms with Gasteiger partial charge in [-0.15, -0.1) is 0 Å². The van der Waals surface area contributed by atoms with E-state index in [1.54, 1.807) is 7.05 Å². The molecule has 0 fully saturated rings. The van der Waals surface area contributed by atoms with E-state index in [-0.39, 0.29) is 0 Å². The summed E-state index contributed by atoms with van der Waals surface area (Å²) in [7, 11) is 1.72. The SMILES string of the molecule is CCN(CC)CCCN=NC. The molecule has 0 bridgehead atoms. The largest absolute Gasteiger partial charge is 0.304 e. The zero-order chi connectivity index (χ0) is 8.53. The van der Waals surface area contributed by atoms with Crippen molar-refractivity contribution in [2.45, 2.75) is 20.3 Å². The van der Waals surface area contributed by atoms with Gasteiger partial charge in [-0.25, -0.2) is 0 Å². The second kappa shape index (κ2) is 7.66. The molecule has 0 aromatic rings. The fourth-order valence-corrected chi connectivity index (χ4v) is 1.00. The van der Waals surface area contributed by atoms with Crippen molar-refractivity contribution in [3.05, 3.63) is 0 Å². The molecule has 3 heteroatoms. The van der Waals surface area contributed by atoms with Crippen LogP contribution in [-0.2, 0) is 0 Å². The van der Waals surface area contributed by atoms with Crippen molar-refractivity contribution in [3.8, 4) is 0 Å². The molecule has 11 heavy (non-hydrogen) atoms. The maximum atomic E-state index is 3.91. The lowest BCUT2D eigenvalue weighted by Gasteiger charge is -2.16. The maximum absolute atomic E-state index is 3.91. The molecule has 0 rings (SSSR count). The normalized spacial score (nSPS) is 11.6. The highest BCUT2D eigenvalue weighted by Gasteiger charge is 1.96. The average molecular weight is 157 g/mol. The Balaban J connectivity index is 3.21. The molecular weight excluding hydrogens is 138 g/mol. The van der Waals surface area contributed by atoms with Crippen LogP contribution in [0.1, 0.15) is 20.3 Å². The van der Waals surface area contributed by atoms with Gasteiger partial charge in [0.25, 0.3) is 0 Å². The van der Waals surface area contributed by atoms with Crippen molar-refractivity contribution in [1.29, 1.82) is 0 Å². The maximum Gasteiger partial charge on any atom is 0.0610 e. The van der Waals surface area contributed by atoms with Gasteiger partial charge in [0.05, 0.1) is 6.54 Å². The standard InChI is InChI=1S/C8H19N3/c1-4-11(5-2)8-6-7-10-9-3/h4-8H2,1-3H3. The molecule has 0 radical (unpaired) electrons. The topological polar surface area (TPSA) is 28.0 Å². The van der Waals surface area contributed by atoms with E-state index in [0.717, 1.165) is 32.6 Å². The van der Waals surface area contributed by atoms with Gasteiger partial charge < -0.3 is 4.90 Å². The van der Waals surface area contributed by atoms with Gasteiger partial charge in [-0.05, 0) is 26.1 Å². The van der Waals surface area contributed by atoms with Crippen molar-refractivity contribution in [1.82, 2.24) is 4.90 Å². The molecule has 0 saturated carbocycles. The van der Waals surface area contributed by atoms with Crippen LogP contribution in [0.5, 0.6) is 0 Å². The predicted octanol–water partition coefficient (Wildman–Crippen LogP) is 1.80. The van der Waals surface area contributed by atoms with E-state index >= 15 is 0 Å². The van der Waals surface area contributed by atoms with Crippen molar-refractivity contribution in [2.75, 3.05) is 33.2 Å². The van der Waals surface area contributed by atoms with Crippen LogP contribution in [0.2, 0.25) is 0 Å². The zero-order valence-corrected chi connectivity index (χ0v) is 7.88. The van der Waals surface area contributed by atoms with Crippen molar-refractivity contribution >= 4 is 0 Å². The minimum atomic E-state index is 0.868. The van der Waals surface area contributed by atoms with Crippen molar-refractivity contribution in [3.63, 3.8) is 0 Å². The van der Waals surface area contributed by atoms with Gasteiger partial charge >= 0.3 is 0 Å². The Morgan fingerprint density at radius 2 is 1.82 bits per heavy atom. The highest BCUT2D eigenvalue weighted by Crippen LogP contribution is 1.90. The Labute approximate surface area is 69.5 Å². The summed E-state index contributed by atoms with van der Waals surface area (Å²) in [5.74, 6) is 0. The van der Waals surface area contributed by atoms with Gasteiger partial charge in [-0.2, -0.15) is 10.2 Å². The lowest BCUT2D eigenvalue weighted by Crippen LogP contribution is -2.24. The van der Waals surface area contributed by atoms with Crippen molar-refractivity contribution < 1.29 is 0 Å². The highest BCUT2D eigenvalue weighted by atomic mass is 15.1. The molecule has 0 aliphatic heterocycles. The van der Waals surface area contributed by atoms with Gasteiger partial charge in [-0.1, -0.05) is 13.8 Å². The van der Waals surface area contributed by atoms with E-state index in [0.29, 0.717) is 0 Å². The van der Waals surface area contributed by atoms with Crippen LogP contribution in [0, 0.1) is 0 Å². The van der Waals surface area contributed by atoms with Crippen LogP contribution < -0.4 is 0 Å². The molecule has 0 heterocycles. The third kappa shape index (κ3) is 5.98. The summed E-state index contributed by atoms with van der Waals surface area (Å²) in [5, 5.41) is 7.60. The fraction of sp³-hybridized carbons (Fsp3) is 1.00. The van der Waals surface area contributed by atoms with Gasteiger partial charge in [-0.3, -0.25) is 0 Å². The van der Waals surface area contributed by atoms with Crippen LogP contribution in [-0.4, -0.2) is 38.1 Å². The Kier molecular flexibility index (Phi) is 7.36. The fourth-order valence-electron chi connectivity index (χ4n) is 1.00. The van der Waals surface area contributed by atoms with E-state index in [9.17, 15) is 0 Å². The average Bonchev–Trinajstić information content (AvgIpc) is 2.05. The summed E-state index contributed by atoms with van der Waals surface area (Å²) in [6, 6.07) is 0. The van der Waals surface area contributed by atoms with Crippen LogP contribution in [0.15, 0.2) is 10.2 Å². The molecule has 0 atom stereocenters. The molecule has 0 aromatic heterocycles. The molecule has 0 saturated heterocycles. The Morgan fingerprint density at radius 1 is 1.18 bits per heavy atom. The molecule has 3 nitrogen and oxygen atoms in total. The number of azo groups is 1. The molecule has 0 aliphatic rings. The van der Waals surface area contributed by atoms with Gasteiger partial charge in [0.15, 0.2) is 0 Å². The Morgan fingerprint density at radius 3 is 2.27 bits per heavy atom. The second-order valence-corrected chi connectivity index (χ2v) is 2.45. The molecule has 0 aliphatic carbocycles. The van der Waals surface area contributed by atoms with Crippen LogP contribution in [0.4, 0.5) is 0 Å². The summed E-state index contributed by atoms with van der Waals surface area (Å²) < 4.78 is 0. The Bertz CT molecular complexity index is 97.5. The van der Waals surface area contributed by atoms with E-state index in [1.165, 1.54) is 0 Å². The van der Waals surface area contributed by atoms with E-state index < -0.39 is 0 Å².